The monoisotopic (exact) mass is 536 g/mol. The number of carbonyl (C=O) groups is 5. The summed E-state index contributed by atoms with van der Waals surface area (Å²) in [5, 5.41) is 10.1. The highest BCUT2D eigenvalue weighted by Crippen LogP contribution is 2.06. The van der Waals surface area contributed by atoms with Crippen molar-refractivity contribution in [1.29, 1.82) is 0 Å². The molecular formula is C26H40N4O8. The average Bonchev–Trinajstić information content (AvgIpc) is 2.91. The van der Waals surface area contributed by atoms with Crippen LogP contribution in [0.4, 0.5) is 4.79 Å². The molecule has 0 spiro atoms. The highest BCUT2D eigenvalue weighted by molar-refractivity contribution is 5.92. The second kappa shape index (κ2) is 18.7. The van der Waals surface area contributed by atoms with E-state index in [1.54, 1.807) is 31.4 Å². The Balaban J connectivity index is 2.62. The normalized spacial score (nSPS) is 13.8. The van der Waals surface area contributed by atoms with Gasteiger partial charge in [-0.25, -0.2) is 4.79 Å². The van der Waals surface area contributed by atoms with Crippen LogP contribution in [0.2, 0.25) is 0 Å². The van der Waals surface area contributed by atoms with Gasteiger partial charge in [-0.2, -0.15) is 0 Å². The molecule has 1 rings (SSSR count). The zero-order valence-corrected chi connectivity index (χ0v) is 22.5. The van der Waals surface area contributed by atoms with E-state index in [1.165, 1.54) is 6.92 Å². The number of ether oxygens (including phenoxy) is 3. The molecule has 12 nitrogen and oxygen atoms in total. The van der Waals surface area contributed by atoms with Gasteiger partial charge >= 0.3 is 6.09 Å². The molecule has 0 saturated heterocycles. The van der Waals surface area contributed by atoms with Crippen LogP contribution in [0.5, 0.6) is 0 Å². The molecular weight excluding hydrogens is 496 g/mol. The zero-order valence-electron chi connectivity index (χ0n) is 22.5. The van der Waals surface area contributed by atoms with Crippen molar-refractivity contribution in [1.82, 2.24) is 21.3 Å². The summed E-state index contributed by atoms with van der Waals surface area (Å²) in [5.41, 5.74) is 0.789. The van der Waals surface area contributed by atoms with Gasteiger partial charge in [-0.05, 0) is 18.4 Å². The molecule has 38 heavy (non-hydrogen) atoms. The molecule has 0 aliphatic heterocycles. The Kier molecular flexibility index (Phi) is 16.0. The van der Waals surface area contributed by atoms with Crippen molar-refractivity contribution in [3.63, 3.8) is 0 Å². The van der Waals surface area contributed by atoms with E-state index in [0.717, 1.165) is 5.56 Å². The Labute approximate surface area is 223 Å². The van der Waals surface area contributed by atoms with Gasteiger partial charge in [0.05, 0.1) is 32.4 Å². The third-order valence-electron chi connectivity index (χ3n) is 5.69. The first kappa shape index (κ1) is 32.5. The van der Waals surface area contributed by atoms with E-state index in [4.69, 9.17) is 14.2 Å². The minimum atomic E-state index is -1.02. The first-order valence-corrected chi connectivity index (χ1v) is 12.6. The van der Waals surface area contributed by atoms with Crippen LogP contribution in [-0.2, 0) is 39.8 Å². The molecule has 4 amide bonds. The number of hydrogen-bond donors (Lipinski definition) is 4. The van der Waals surface area contributed by atoms with Gasteiger partial charge in [-0.3, -0.25) is 14.4 Å². The van der Waals surface area contributed by atoms with Crippen LogP contribution in [0, 0.1) is 5.92 Å². The number of carbonyl (C=O) groups excluding carboxylic acids is 5. The van der Waals surface area contributed by atoms with Crippen molar-refractivity contribution in [3.8, 4) is 0 Å². The molecule has 0 heterocycles. The lowest BCUT2D eigenvalue weighted by molar-refractivity contribution is -0.130. The number of methoxy groups -OCH3 is 1. The second-order valence-electron chi connectivity index (χ2n) is 8.69. The van der Waals surface area contributed by atoms with E-state index in [2.05, 4.69) is 21.3 Å². The first-order valence-electron chi connectivity index (χ1n) is 12.6. The predicted molar refractivity (Wildman–Crippen MR) is 139 cm³/mol. The van der Waals surface area contributed by atoms with Crippen LogP contribution in [0.25, 0.3) is 0 Å². The van der Waals surface area contributed by atoms with E-state index in [9.17, 15) is 24.0 Å². The molecule has 4 atom stereocenters. The molecule has 0 aliphatic carbocycles. The SMILES string of the molecule is CCC(C)[C@@H](C=O)NC(=O)[C@H](C)NC(=O)CNC(=O)[C@H](Cc1ccccc1)NC(=O)OCCOCCOC. The minimum Gasteiger partial charge on any atom is -0.447 e. The van der Waals surface area contributed by atoms with Gasteiger partial charge in [-0.1, -0.05) is 50.6 Å². The van der Waals surface area contributed by atoms with Gasteiger partial charge in [0.25, 0.3) is 0 Å². The van der Waals surface area contributed by atoms with Gasteiger partial charge < -0.3 is 40.3 Å². The fourth-order valence-corrected chi connectivity index (χ4v) is 3.18. The van der Waals surface area contributed by atoms with Crippen LogP contribution in [0.3, 0.4) is 0 Å². The number of alkyl carbamates (subject to hydrolysis) is 1. The number of nitrogens with one attached hydrogen (secondary N) is 4. The van der Waals surface area contributed by atoms with E-state index >= 15 is 0 Å². The maximum Gasteiger partial charge on any atom is 0.407 e. The Morgan fingerprint density at radius 3 is 2.24 bits per heavy atom. The number of aldehydes is 1. The summed E-state index contributed by atoms with van der Waals surface area (Å²) in [6.07, 6.45) is 0.719. The Bertz CT molecular complexity index is 883. The van der Waals surface area contributed by atoms with Crippen LogP contribution in [-0.4, -0.2) is 88.3 Å². The summed E-state index contributed by atoms with van der Waals surface area (Å²) in [7, 11) is 1.55. The smallest absolute Gasteiger partial charge is 0.407 e. The maximum atomic E-state index is 12.8. The summed E-state index contributed by atoms with van der Waals surface area (Å²) in [4.78, 5) is 61.0. The Hall–Kier alpha value is -3.51. The lowest BCUT2D eigenvalue weighted by atomic mass is 10.0. The zero-order chi connectivity index (χ0) is 28.3. The number of hydrogen-bond acceptors (Lipinski definition) is 8. The maximum absolute atomic E-state index is 12.8. The van der Waals surface area contributed by atoms with Crippen molar-refractivity contribution in [2.45, 2.75) is 51.7 Å². The quantitative estimate of drug-likeness (QED) is 0.154. The predicted octanol–water partition coefficient (Wildman–Crippen LogP) is 0.338. The van der Waals surface area contributed by atoms with E-state index in [1.807, 2.05) is 19.9 Å². The van der Waals surface area contributed by atoms with Crippen molar-refractivity contribution in [2.75, 3.05) is 40.1 Å². The van der Waals surface area contributed by atoms with Crippen LogP contribution in [0.15, 0.2) is 30.3 Å². The highest BCUT2D eigenvalue weighted by atomic mass is 16.6. The molecule has 1 aromatic carbocycles. The molecule has 0 aromatic heterocycles. The first-order chi connectivity index (χ1) is 18.2. The molecule has 12 heteroatoms. The molecule has 0 saturated carbocycles. The minimum absolute atomic E-state index is 0.0143. The summed E-state index contributed by atoms with van der Waals surface area (Å²) in [6.45, 7) is 5.72. The molecule has 0 fully saturated rings. The average molecular weight is 537 g/mol. The molecule has 4 N–H and O–H groups in total. The number of rotatable bonds is 18. The van der Waals surface area contributed by atoms with Crippen LogP contribution < -0.4 is 21.3 Å². The molecule has 0 bridgehead atoms. The summed E-state index contributed by atoms with van der Waals surface area (Å²) < 4.78 is 15.2. The Morgan fingerprint density at radius 2 is 1.61 bits per heavy atom. The van der Waals surface area contributed by atoms with Gasteiger partial charge in [0.1, 0.15) is 25.0 Å². The molecule has 0 radical (unpaired) electrons. The van der Waals surface area contributed by atoms with Gasteiger partial charge in [0.15, 0.2) is 0 Å². The van der Waals surface area contributed by atoms with E-state index in [0.29, 0.717) is 25.9 Å². The Morgan fingerprint density at radius 1 is 0.921 bits per heavy atom. The van der Waals surface area contributed by atoms with Crippen molar-refractivity contribution in [2.24, 2.45) is 5.92 Å². The molecule has 212 valence electrons. The van der Waals surface area contributed by atoms with Crippen molar-refractivity contribution >= 4 is 30.1 Å². The van der Waals surface area contributed by atoms with Crippen molar-refractivity contribution < 1.29 is 38.2 Å². The van der Waals surface area contributed by atoms with E-state index < -0.39 is 48.5 Å². The largest absolute Gasteiger partial charge is 0.447 e. The highest BCUT2D eigenvalue weighted by Gasteiger charge is 2.24. The summed E-state index contributed by atoms with van der Waals surface area (Å²) in [6, 6.07) is 6.43. The topological polar surface area (TPSA) is 161 Å². The number of amides is 4. The fraction of sp³-hybridized carbons (Fsp3) is 0.577. The molecule has 0 aliphatic rings. The van der Waals surface area contributed by atoms with E-state index in [-0.39, 0.29) is 25.6 Å². The standard InChI is InChI=1S/C26H40N4O8/c1-5-18(2)22(17-31)29-24(33)19(3)28-23(32)16-27-25(34)21(15-20-9-7-6-8-10-20)30-26(35)38-14-13-37-12-11-36-4/h6-10,17-19,21-22H,5,11-16H2,1-4H3,(H,27,34)(H,28,32)(H,29,33)(H,30,35)/t18?,19-,21-,22+/m0/s1. The lowest BCUT2D eigenvalue weighted by Crippen LogP contribution is -2.53. The van der Waals surface area contributed by atoms with Crippen molar-refractivity contribution in [3.05, 3.63) is 35.9 Å². The fourth-order valence-electron chi connectivity index (χ4n) is 3.18. The summed E-state index contributed by atoms with van der Waals surface area (Å²) >= 11 is 0. The molecule has 1 aromatic rings. The molecule has 1 unspecified atom stereocenters. The summed E-state index contributed by atoms with van der Waals surface area (Å²) in [5.74, 6) is -1.78. The lowest BCUT2D eigenvalue weighted by Gasteiger charge is -2.22. The van der Waals surface area contributed by atoms with Gasteiger partial charge in [0.2, 0.25) is 17.7 Å². The third kappa shape index (κ3) is 13.2. The van der Waals surface area contributed by atoms with Crippen LogP contribution >= 0.6 is 0 Å². The van der Waals surface area contributed by atoms with Crippen LogP contribution in [0.1, 0.15) is 32.8 Å². The van der Waals surface area contributed by atoms with Gasteiger partial charge in [-0.15, -0.1) is 0 Å². The third-order valence-corrected chi connectivity index (χ3v) is 5.69. The number of benzene rings is 1. The van der Waals surface area contributed by atoms with Gasteiger partial charge in [0, 0.05) is 13.5 Å². The second-order valence-corrected chi connectivity index (χ2v) is 8.69.